The van der Waals surface area contributed by atoms with E-state index in [1.54, 1.807) is 30.6 Å². The monoisotopic (exact) mass is 283 g/mol. The lowest BCUT2D eigenvalue weighted by molar-refractivity contribution is 0.593. The number of anilines is 2. The number of benzene rings is 1. The van der Waals surface area contributed by atoms with Gasteiger partial charge in [-0.3, -0.25) is 0 Å². The Bertz CT molecular complexity index is 660. The van der Waals surface area contributed by atoms with E-state index in [0.29, 0.717) is 43.4 Å². The molecular weight excluding hydrogens is 269 g/mol. The Morgan fingerprint density at radius 3 is 2.33 bits per heavy atom. The molecule has 106 valence electrons. The number of aromatic nitrogens is 2. The fraction of sp³-hybridized carbons (Fsp3) is 0.267. The van der Waals surface area contributed by atoms with Crippen molar-refractivity contribution in [1.29, 1.82) is 5.26 Å². The number of piperazine rings is 1. The Balaban J connectivity index is 1.77. The summed E-state index contributed by atoms with van der Waals surface area (Å²) in [6.45, 7) is 2.66. The minimum atomic E-state index is -0.349. The van der Waals surface area contributed by atoms with E-state index >= 15 is 0 Å². The molecule has 1 aliphatic heterocycles. The lowest BCUT2D eigenvalue weighted by Gasteiger charge is -2.36. The third-order valence-corrected chi connectivity index (χ3v) is 3.54. The van der Waals surface area contributed by atoms with Crippen molar-refractivity contribution >= 4 is 11.6 Å². The first-order valence-corrected chi connectivity index (χ1v) is 6.75. The van der Waals surface area contributed by atoms with Gasteiger partial charge in [0.25, 0.3) is 0 Å². The van der Waals surface area contributed by atoms with Crippen LogP contribution in [0.4, 0.5) is 16.0 Å². The zero-order valence-electron chi connectivity index (χ0n) is 11.4. The number of hydrogen-bond acceptors (Lipinski definition) is 5. The van der Waals surface area contributed by atoms with Crippen LogP contribution in [-0.4, -0.2) is 36.1 Å². The Morgan fingerprint density at radius 2 is 1.67 bits per heavy atom. The highest BCUT2D eigenvalue weighted by molar-refractivity contribution is 5.61. The van der Waals surface area contributed by atoms with Gasteiger partial charge in [-0.15, -0.1) is 0 Å². The smallest absolute Gasteiger partial charge is 0.225 e. The molecular formula is C15H14FN5. The highest BCUT2D eigenvalue weighted by Crippen LogP contribution is 2.25. The van der Waals surface area contributed by atoms with Crippen molar-refractivity contribution in [3.05, 3.63) is 48.0 Å². The first-order valence-electron chi connectivity index (χ1n) is 6.75. The third-order valence-electron chi connectivity index (χ3n) is 3.54. The van der Waals surface area contributed by atoms with Crippen molar-refractivity contribution in [2.45, 2.75) is 0 Å². The van der Waals surface area contributed by atoms with Gasteiger partial charge < -0.3 is 9.80 Å². The standard InChI is InChI=1S/C15H14FN5/c16-13-4-1-3-12(11-17)14(13)20-7-9-21(10-8-20)15-18-5-2-6-19-15/h1-6H,7-10H2. The zero-order chi connectivity index (χ0) is 14.7. The van der Waals surface area contributed by atoms with Crippen LogP contribution in [0.3, 0.4) is 0 Å². The van der Waals surface area contributed by atoms with Gasteiger partial charge in [-0.05, 0) is 18.2 Å². The number of hydrogen-bond donors (Lipinski definition) is 0. The molecule has 5 nitrogen and oxygen atoms in total. The first-order chi connectivity index (χ1) is 10.3. The van der Waals surface area contributed by atoms with Gasteiger partial charge in [0.2, 0.25) is 5.95 Å². The fourth-order valence-electron chi connectivity index (χ4n) is 2.51. The summed E-state index contributed by atoms with van der Waals surface area (Å²) < 4.78 is 14.0. The Kier molecular flexibility index (Phi) is 3.65. The maximum absolute atomic E-state index is 14.0. The minimum Gasteiger partial charge on any atom is -0.365 e. The molecule has 0 spiro atoms. The van der Waals surface area contributed by atoms with E-state index in [2.05, 4.69) is 20.9 Å². The third kappa shape index (κ3) is 2.63. The van der Waals surface area contributed by atoms with Crippen molar-refractivity contribution in [3.63, 3.8) is 0 Å². The molecule has 1 fully saturated rings. The van der Waals surface area contributed by atoms with E-state index in [1.807, 2.05) is 4.90 Å². The normalized spacial score (nSPS) is 14.9. The topological polar surface area (TPSA) is 56.1 Å². The van der Waals surface area contributed by atoms with Gasteiger partial charge in [0, 0.05) is 38.6 Å². The Hall–Kier alpha value is -2.68. The van der Waals surface area contributed by atoms with Crippen LogP contribution in [0.25, 0.3) is 0 Å². The van der Waals surface area contributed by atoms with Crippen molar-refractivity contribution in [2.24, 2.45) is 0 Å². The second-order valence-corrected chi connectivity index (χ2v) is 4.77. The lowest BCUT2D eigenvalue weighted by Crippen LogP contribution is -2.47. The molecule has 0 atom stereocenters. The Labute approximate surface area is 122 Å². The van der Waals surface area contributed by atoms with Crippen LogP contribution in [0.5, 0.6) is 0 Å². The molecule has 1 aliphatic rings. The molecule has 0 N–H and O–H groups in total. The van der Waals surface area contributed by atoms with Crippen LogP contribution < -0.4 is 9.80 Å². The SMILES string of the molecule is N#Cc1cccc(F)c1N1CCN(c2ncccn2)CC1. The van der Waals surface area contributed by atoms with Crippen molar-refractivity contribution in [2.75, 3.05) is 36.0 Å². The van der Waals surface area contributed by atoms with E-state index < -0.39 is 0 Å². The molecule has 21 heavy (non-hydrogen) atoms. The van der Waals surface area contributed by atoms with Crippen molar-refractivity contribution < 1.29 is 4.39 Å². The Morgan fingerprint density at radius 1 is 1.00 bits per heavy atom. The molecule has 0 saturated carbocycles. The van der Waals surface area contributed by atoms with Crippen LogP contribution in [-0.2, 0) is 0 Å². The van der Waals surface area contributed by atoms with Crippen LogP contribution in [0.15, 0.2) is 36.7 Å². The van der Waals surface area contributed by atoms with Gasteiger partial charge in [0.15, 0.2) is 0 Å². The van der Waals surface area contributed by atoms with Crippen LogP contribution in [0.1, 0.15) is 5.56 Å². The van der Waals surface area contributed by atoms with Gasteiger partial charge in [-0.2, -0.15) is 5.26 Å². The van der Waals surface area contributed by atoms with E-state index in [1.165, 1.54) is 6.07 Å². The molecule has 0 radical (unpaired) electrons. The fourth-order valence-corrected chi connectivity index (χ4v) is 2.51. The first kappa shape index (κ1) is 13.3. The van der Waals surface area contributed by atoms with Gasteiger partial charge in [-0.25, -0.2) is 14.4 Å². The predicted octanol–water partition coefficient (Wildman–Crippen LogP) is 1.81. The lowest BCUT2D eigenvalue weighted by atomic mass is 10.1. The number of para-hydroxylation sites is 1. The largest absolute Gasteiger partial charge is 0.365 e. The van der Waals surface area contributed by atoms with Gasteiger partial charge in [-0.1, -0.05) is 6.07 Å². The quantitative estimate of drug-likeness (QED) is 0.841. The van der Waals surface area contributed by atoms with E-state index in [9.17, 15) is 4.39 Å². The average Bonchev–Trinajstić information content (AvgIpc) is 2.55. The molecule has 1 aromatic carbocycles. The molecule has 0 aliphatic carbocycles. The van der Waals surface area contributed by atoms with Crippen LogP contribution in [0.2, 0.25) is 0 Å². The number of nitrogens with zero attached hydrogens (tertiary/aromatic N) is 5. The number of nitriles is 1. The van der Waals surface area contributed by atoms with Crippen molar-refractivity contribution in [1.82, 2.24) is 9.97 Å². The number of rotatable bonds is 2. The maximum atomic E-state index is 14.0. The highest BCUT2D eigenvalue weighted by atomic mass is 19.1. The molecule has 0 bridgehead atoms. The summed E-state index contributed by atoms with van der Waals surface area (Å²) in [5.41, 5.74) is 0.771. The zero-order valence-corrected chi connectivity index (χ0v) is 11.4. The van der Waals surface area contributed by atoms with Crippen molar-refractivity contribution in [3.8, 4) is 6.07 Å². The summed E-state index contributed by atoms with van der Waals surface area (Å²) in [5, 5.41) is 9.13. The highest BCUT2D eigenvalue weighted by Gasteiger charge is 2.22. The second kappa shape index (κ2) is 5.75. The molecule has 6 heteroatoms. The summed E-state index contributed by atoms with van der Waals surface area (Å²) in [6.07, 6.45) is 3.42. The molecule has 1 saturated heterocycles. The molecule has 3 rings (SSSR count). The summed E-state index contributed by atoms with van der Waals surface area (Å²) in [4.78, 5) is 12.4. The molecule has 1 aromatic heterocycles. The van der Waals surface area contributed by atoms with E-state index in [4.69, 9.17) is 5.26 Å². The van der Waals surface area contributed by atoms with Crippen LogP contribution >= 0.6 is 0 Å². The molecule has 0 amide bonds. The summed E-state index contributed by atoms with van der Waals surface area (Å²) in [6, 6.07) is 8.43. The predicted molar refractivity (Wildman–Crippen MR) is 77.6 cm³/mol. The van der Waals surface area contributed by atoms with E-state index in [0.717, 1.165) is 0 Å². The van der Waals surface area contributed by atoms with E-state index in [-0.39, 0.29) is 5.82 Å². The summed E-state index contributed by atoms with van der Waals surface area (Å²) in [7, 11) is 0. The molecule has 0 unspecified atom stereocenters. The summed E-state index contributed by atoms with van der Waals surface area (Å²) >= 11 is 0. The minimum absolute atomic E-state index is 0.349. The number of halogens is 1. The van der Waals surface area contributed by atoms with Gasteiger partial charge in [0.1, 0.15) is 11.9 Å². The second-order valence-electron chi connectivity index (χ2n) is 4.77. The maximum Gasteiger partial charge on any atom is 0.225 e. The van der Waals surface area contributed by atoms with Gasteiger partial charge in [0.05, 0.1) is 11.3 Å². The average molecular weight is 283 g/mol. The molecule has 2 heterocycles. The summed E-state index contributed by atoms with van der Waals surface area (Å²) in [5.74, 6) is 0.338. The van der Waals surface area contributed by atoms with Gasteiger partial charge >= 0.3 is 0 Å². The molecule has 2 aromatic rings. The van der Waals surface area contributed by atoms with Crippen LogP contribution in [0, 0.1) is 17.1 Å².